The predicted molar refractivity (Wildman–Crippen MR) is 32.7 cm³/mol. The van der Waals surface area contributed by atoms with Gasteiger partial charge in [0.2, 0.25) is 0 Å². The second-order valence-corrected chi connectivity index (χ2v) is 2.07. The van der Waals surface area contributed by atoms with E-state index in [0.717, 1.165) is 6.42 Å². The van der Waals surface area contributed by atoms with Crippen LogP contribution in [0.25, 0.3) is 0 Å². The third kappa shape index (κ3) is 112. The fourth-order valence-corrected chi connectivity index (χ4v) is 0. The zero-order chi connectivity index (χ0) is 7.91. The predicted octanol–water partition coefficient (Wildman–Crippen LogP) is -3.15. The van der Waals surface area contributed by atoms with Crippen LogP contribution in [0.2, 0.25) is 0 Å². The Morgan fingerprint density at radius 1 is 1.40 bits per heavy atom. The first-order valence-corrected chi connectivity index (χ1v) is 3.62. The van der Waals surface area contributed by atoms with Crippen LogP contribution in [0, 0.1) is 0 Å². The number of hydrogen-bond acceptors (Lipinski definition) is 3. The minimum Gasteiger partial charge on any atom is -1.00 e. The molecule has 0 saturated carbocycles. The van der Waals surface area contributed by atoms with E-state index >= 15 is 0 Å². The van der Waals surface area contributed by atoms with Crippen LogP contribution in [-0.2, 0) is 10.4 Å². The van der Waals surface area contributed by atoms with Gasteiger partial charge in [-0.25, -0.2) is 0 Å². The van der Waals surface area contributed by atoms with Gasteiger partial charge in [0, 0.05) is 6.61 Å². The molecule has 0 spiro atoms. The summed E-state index contributed by atoms with van der Waals surface area (Å²) in [5.41, 5.74) is 0. The summed E-state index contributed by atoms with van der Waals surface area (Å²) in [4.78, 5) is 0. The van der Waals surface area contributed by atoms with Crippen LogP contribution in [0.4, 0.5) is 0 Å². The maximum atomic E-state index is 8.74. The molecular formula is C3H11KO5S. The second kappa shape index (κ2) is 10.5. The number of aliphatic hydroxyl groups excluding tert-OH is 1. The fraction of sp³-hybridized carbons (Fsp3) is 1.00. The van der Waals surface area contributed by atoms with Crippen molar-refractivity contribution in [3.05, 3.63) is 0 Å². The SMILES string of the molecule is CCCO.O=S(=O)(O)O.[H-].[K+]. The molecule has 0 heterocycles. The molecule has 0 aliphatic carbocycles. The summed E-state index contributed by atoms with van der Waals surface area (Å²) >= 11 is 0. The van der Waals surface area contributed by atoms with Crippen molar-refractivity contribution in [2.45, 2.75) is 13.3 Å². The van der Waals surface area contributed by atoms with Gasteiger partial charge in [0.15, 0.2) is 0 Å². The molecule has 0 aromatic rings. The van der Waals surface area contributed by atoms with Crippen LogP contribution in [0.1, 0.15) is 14.8 Å². The smallest absolute Gasteiger partial charge is 1.00 e. The van der Waals surface area contributed by atoms with E-state index < -0.39 is 10.4 Å². The molecule has 5 nitrogen and oxygen atoms in total. The molecule has 0 bridgehead atoms. The fourth-order valence-electron chi connectivity index (χ4n) is 0. The summed E-state index contributed by atoms with van der Waals surface area (Å²) in [6.45, 7) is 2.25. The van der Waals surface area contributed by atoms with Crippen molar-refractivity contribution < 1.29 is 75.4 Å². The molecule has 0 aliphatic rings. The van der Waals surface area contributed by atoms with Gasteiger partial charge in [-0.1, -0.05) is 6.92 Å². The van der Waals surface area contributed by atoms with Gasteiger partial charge in [0.05, 0.1) is 0 Å². The van der Waals surface area contributed by atoms with Crippen molar-refractivity contribution in [1.29, 1.82) is 0 Å². The Morgan fingerprint density at radius 3 is 1.50 bits per heavy atom. The molecule has 0 fully saturated rings. The topological polar surface area (TPSA) is 94.8 Å². The van der Waals surface area contributed by atoms with Crippen LogP contribution < -0.4 is 51.4 Å². The molecule has 0 radical (unpaired) electrons. The summed E-state index contributed by atoms with van der Waals surface area (Å²) in [5, 5.41) is 7.88. The summed E-state index contributed by atoms with van der Waals surface area (Å²) in [7, 11) is -4.67. The number of rotatable bonds is 1. The van der Waals surface area contributed by atoms with Crippen molar-refractivity contribution in [3.8, 4) is 0 Å². The van der Waals surface area contributed by atoms with Gasteiger partial charge in [-0.05, 0) is 6.42 Å². The van der Waals surface area contributed by atoms with Crippen molar-refractivity contribution in [2.24, 2.45) is 0 Å². The Morgan fingerprint density at radius 2 is 1.50 bits per heavy atom. The minimum atomic E-state index is -4.67. The maximum absolute atomic E-state index is 8.74. The van der Waals surface area contributed by atoms with E-state index in [1.165, 1.54) is 0 Å². The van der Waals surface area contributed by atoms with Gasteiger partial charge in [-0.3, -0.25) is 9.11 Å². The first-order valence-electron chi connectivity index (χ1n) is 2.22. The van der Waals surface area contributed by atoms with E-state index in [-0.39, 0.29) is 52.8 Å². The molecule has 0 amide bonds. The standard InChI is InChI=1S/C3H8O.K.H2O4S.H/c1-2-3-4;;1-5(2,3)4;/h4H,2-3H2,1H3;;(H2,1,2,3,4);/q;+1;;-1. The third-order valence-electron chi connectivity index (χ3n) is 0.224. The summed E-state index contributed by atoms with van der Waals surface area (Å²) in [6.07, 6.45) is 0.875. The third-order valence-corrected chi connectivity index (χ3v) is 0.224. The van der Waals surface area contributed by atoms with Crippen molar-refractivity contribution in [3.63, 3.8) is 0 Å². The molecule has 0 saturated heterocycles. The monoisotopic (exact) mass is 198 g/mol. The maximum Gasteiger partial charge on any atom is 1.00 e. The van der Waals surface area contributed by atoms with Crippen molar-refractivity contribution in [1.82, 2.24) is 0 Å². The Labute approximate surface area is 104 Å². The van der Waals surface area contributed by atoms with E-state index in [0.29, 0.717) is 6.61 Å². The summed E-state index contributed by atoms with van der Waals surface area (Å²) in [6, 6.07) is 0. The van der Waals surface area contributed by atoms with Crippen molar-refractivity contribution in [2.75, 3.05) is 6.61 Å². The van der Waals surface area contributed by atoms with Gasteiger partial charge in [-0.2, -0.15) is 8.42 Å². The first-order chi connectivity index (χ1) is 3.91. The molecule has 60 valence electrons. The van der Waals surface area contributed by atoms with Gasteiger partial charge in [0.1, 0.15) is 0 Å². The largest absolute Gasteiger partial charge is 1.00 e. The summed E-state index contributed by atoms with van der Waals surface area (Å²) < 4.78 is 31.6. The molecule has 3 N–H and O–H groups in total. The van der Waals surface area contributed by atoms with E-state index in [9.17, 15) is 0 Å². The molecule has 0 aromatic heterocycles. The number of aliphatic hydroxyl groups is 1. The Bertz CT molecular complexity index is 125. The quantitative estimate of drug-likeness (QED) is 0.305. The van der Waals surface area contributed by atoms with Crippen LogP contribution in [0.3, 0.4) is 0 Å². The first kappa shape index (κ1) is 17.5. The van der Waals surface area contributed by atoms with Gasteiger partial charge >= 0.3 is 61.8 Å². The van der Waals surface area contributed by atoms with Gasteiger partial charge < -0.3 is 6.53 Å². The molecule has 7 heteroatoms. The zero-order valence-electron chi connectivity index (χ0n) is 6.98. The second-order valence-electron chi connectivity index (χ2n) is 1.17. The van der Waals surface area contributed by atoms with Crippen LogP contribution in [0.5, 0.6) is 0 Å². The average Bonchev–Trinajstić information content (AvgIpc) is 1.61. The van der Waals surface area contributed by atoms with Gasteiger partial charge in [0.25, 0.3) is 0 Å². The number of hydrogen-bond donors (Lipinski definition) is 3. The van der Waals surface area contributed by atoms with Crippen LogP contribution >= 0.6 is 0 Å². The minimum absolute atomic E-state index is 0. The molecule has 0 rings (SSSR count). The molecule has 0 aromatic carbocycles. The molecule has 0 unspecified atom stereocenters. The summed E-state index contributed by atoms with van der Waals surface area (Å²) in [5.74, 6) is 0. The van der Waals surface area contributed by atoms with Crippen LogP contribution in [0.15, 0.2) is 0 Å². The molecular weight excluding hydrogens is 187 g/mol. The Kier molecular flexibility index (Phi) is 18.3. The normalized spacial score (nSPS) is 8.80. The Hall–Kier alpha value is 1.47. The van der Waals surface area contributed by atoms with E-state index in [2.05, 4.69) is 0 Å². The van der Waals surface area contributed by atoms with E-state index in [4.69, 9.17) is 22.6 Å². The van der Waals surface area contributed by atoms with Gasteiger partial charge in [-0.15, -0.1) is 0 Å². The molecule has 10 heavy (non-hydrogen) atoms. The molecule has 0 atom stereocenters. The zero-order valence-corrected chi connectivity index (χ0v) is 9.92. The van der Waals surface area contributed by atoms with E-state index in [1.54, 1.807) is 0 Å². The molecule has 0 aliphatic heterocycles. The van der Waals surface area contributed by atoms with E-state index in [1.807, 2.05) is 6.92 Å². The van der Waals surface area contributed by atoms with Crippen molar-refractivity contribution >= 4 is 10.4 Å². The van der Waals surface area contributed by atoms with Crippen LogP contribution in [-0.4, -0.2) is 29.2 Å². The average molecular weight is 198 g/mol. The Balaban J connectivity index is -0.0000000383.